The number of methoxy groups -OCH3 is 2. The topological polar surface area (TPSA) is 103 Å². The van der Waals surface area contributed by atoms with Crippen molar-refractivity contribution in [2.75, 3.05) is 32.3 Å². The minimum Gasteiger partial charge on any atom is -0.479 e. The summed E-state index contributed by atoms with van der Waals surface area (Å²) in [6, 6.07) is 1.76. The number of pyridine rings is 2. The number of hydrogen-bond donors (Lipinski definition) is 1. The van der Waals surface area contributed by atoms with Crippen molar-refractivity contribution in [1.29, 1.82) is 0 Å². The molecule has 2 amide bonds. The molecule has 0 radical (unpaired) electrons. The second-order valence-corrected chi connectivity index (χ2v) is 7.95. The normalized spacial score (nSPS) is 16.7. The molecule has 0 atom stereocenters. The molecule has 0 aromatic carbocycles. The minimum absolute atomic E-state index is 0.118. The largest absolute Gasteiger partial charge is 0.479 e. The summed E-state index contributed by atoms with van der Waals surface area (Å²) in [5, 5.41) is 2.66. The predicted molar refractivity (Wildman–Crippen MR) is 116 cm³/mol. The number of nitrogens with one attached hydrogen (secondary N) is 1. The quantitative estimate of drug-likeness (QED) is 0.640. The van der Waals surface area contributed by atoms with Crippen molar-refractivity contribution in [2.24, 2.45) is 0 Å². The first-order valence-electron chi connectivity index (χ1n) is 10.6. The number of anilines is 1. The maximum atomic E-state index is 15.2. The Morgan fingerprint density at radius 3 is 2.50 bits per heavy atom. The Kier molecular flexibility index (Phi) is 6.47. The van der Waals surface area contributed by atoms with Gasteiger partial charge in [-0.1, -0.05) is 6.58 Å². The van der Waals surface area contributed by atoms with Crippen LogP contribution in [-0.2, 0) is 32.8 Å². The summed E-state index contributed by atoms with van der Waals surface area (Å²) in [5.41, 5.74) is 0.227. The zero-order valence-electron chi connectivity index (χ0n) is 18.8. The first-order chi connectivity index (χ1) is 16.4. The van der Waals surface area contributed by atoms with Gasteiger partial charge in [0.2, 0.25) is 23.4 Å². The van der Waals surface area contributed by atoms with E-state index in [0.717, 1.165) is 11.0 Å². The monoisotopic (exact) mass is 474 g/mol. The van der Waals surface area contributed by atoms with Gasteiger partial charge in [0.15, 0.2) is 0 Å². The molecular weight excluding hydrogens is 450 g/mol. The smallest absolute Gasteiger partial charge is 0.255 e. The summed E-state index contributed by atoms with van der Waals surface area (Å²) >= 11 is 0. The third-order valence-corrected chi connectivity index (χ3v) is 6.17. The zero-order chi connectivity index (χ0) is 24.5. The average molecular weight is 474 g/mol. The lowest BCUT2D eigenvalue weighted by Crippen LogP contribution is -2.54. The van der Waals surface area contributed by atoms with E-state index < -0.39 is 40.4 Å². The molecule has 2 aliphatic heterocycles. The first-order valence-corrected chi connectivity index (χ1v) is 10.6. The molecule has 4 rings (SSSR count). The first kappa shape index (κ1) is 23.6. The van der Waals surface area contributed by atoms with Crippen LogP contribution in [0.25, 0.3) is 0 Å². The minimum atomic E-state index is -1.10. The molecule has 0 unspecified atom stereocenters. The van der Waals surface area contributed by atoms with Crippen LogP contribution in [0.15, 0.2) is 24.9 Å². The number of aromatic nitrogens is 2. The Hall–Kier alpha value is -3.60. The molecule has 11 heteroatoms. The average Bonchev–Trinajstić information content (AvgIpc) is 2.86. The van der Waals surface area contributed by atoms with Gasteiger partial charge in [0.05, 0.1) is 38.4 Å². The highest BCUT2D eigenvalue weighted by Gasteiger charge is 2.50. The van der Waals surface area contributed by atoms with E-state index in [0.29, 0.717) is 42.9 Å². The fourth-order valence-electron chi connectivity index (χ4n) is 4.44. The van der Waals surface area contributed by atoms with Gasteiger partial charge < -0.3 is 24.4 Å². The molecule has 2 aromatic rings. The van der Waals surface area contributed by atoms with Crippen LogP contribution in [-0.4, -0.2) is 49.2 Å². The lowest BCUT2D eigenvalue weighted by molar-refractivity contribution is -0.128. The van der Waals surface area contributed by atoms with Gasteiger partial charge in [0.1, 0.15) is 5.69 Å². The molecule has 1 fully saturated rings. The maximum Gasteiger partial charge on any atom is 0.255 e. The van der Waals surface area contributed by atoms with Crippen LogP contribution in [0.2, 0.25) is 0 Å². The zero-order valence-corrected chi connectivity index (χ0v) is 18.8. The fraction of sp³-hybridized carbons (Fsp3) is 0.391. The van der Waals surface area contributed by atoms with Crippen molar-refractivity contribution in [2.45, 2.75) is 31.3 Å². The van der Waals surface area contributed by atoms with Gasteiger partial charge >= 0.3 is 0 Å². The Balaban J connectivity index is 1.83. The van der Waals surface area contributed by atoms with Crippen LogP contribution < -0.4 is 19.7 Å². The van der Waals surface area contributed by atoms with Crippen LogP contribution in [0.1, 0.15) is 29.7 Å². The van der Waals surface area contributed by atoms with Gasteiger partial charge in [-0.2, -0.15) is 13.8 Å². The van der Waals surface area contributed by atoms with Crippen molar-refractivity contribution in [3.8, 4) is 11.8 Å². The van der Waals surface area contributed by atoms with Crippen molar-refractivity contribution >= 4 is 17.5 Å². The number of carbonyl (C=O) groups excluding carboxylic acids is 2. The Labute approximate surface area is 194 Å². The van der Waals surface area contributed by atoms with E-state index in [9.17, 15) is 9.59 Å². The van der Waals surface area contributed by atoms with Crippen molar-refractivity contribution in [3.05, 3.63) is 53.4 Å². The molecule has 0 bridgehead atoms. The van der Waals surface area contributed by atoms with Gasteiger partial charge in [-0.25, -0.2) is 0 Å². The van der Waals surface area contributed by atoms with Gasteiger partial charge in [0.25, 0.3) is 11.8 Å². The van der Waals surface area contributed by atoms with Gasteiger partial charge in [-0.05, 0) is 36.1 Å². The van der Waals surface area contributed by atoms with Crippen LogP contribution in [0, 0.1) is 11.6 Å². The lowest BCUT2D eigenvalue weighted by Gasteiger charge is -2.45. The predicted octanol–water partition coefficient (Wildman–Crippen LogP) is 2.17. The highest BCUT2D eigenvalue weighted by atomic mass is 19.1. The highest BCUT2D eigenvalue weighted by Crippen LogP contribution is 2.46. The van der Waals surface area contributed by atoms with Crippen molar-refractivity contribution in [3.63, 3.8) is 0 Å². The molecule has 1 saturated heterocycles. The number of nitrogens with zero attached hydrogens (tertiary/aromatic N) is 3. The molecule has 1 spiro atoms. The summed E-state index contributed by atoms with van der Waals surface area (Å²) < 4.78 is 45.9. The molecule has 9 nitrogen and oxygen atoms in total. The molecule has 180 valence electrons. The summed E-state index contributed by atoms with van der Waals surface area (Å²) in [7, 11) is 2.38. The fourth-order valence-corrected chi connectivity index (χ4v) is 4.44. The molecule has 2 aromatic heterocycles. The molecule has 0 saturated carbocycles. The summed E-state index contributed by atoms with van der Waals surface area (Å²) in [4.78, 5) is 34.6. The van der Waals surface area contributed by atoms with Gasteiger partial charge in [-0.3, -0.25) is 14.6 Å². The van der Waals surface area contributed by atoms with E-state index in [1.54, 1.807) is 12.3 Å². The van der Waals surface area contributed by atoms with E-state index in [1.807, 2.05) is 0 Å². The Bertz CT molecular complexity index is 1120. The maximum absolute atomic E-state index is 15.2. The van der Waals surface area contributed by atoms with Crippen molar-refractivity contribution in [1.82, 2.24) is 15.3 Å². The standard InChI is InChI=1S/C23H24F2N4O5/c1-4-16(30)27-11-14-9-15-13(10-26-14)12-29(22(31)23(15)5-7-34-8-6-23)19-17(24)20(32-2)28-21(33-3)18(19)25/h4,9-10H,1,5-8,11-12H2,2-3H3,(H,27,30). The number of carbonyl (C=O) groups is 2. The third kappa shape index (κ3) is 3.85. The lowest BCUT2D eigenvalue weighted by atomic mass is 9.69. The van der Waals surface area contributed by atoms with Crippen molar-refractivity contribution < 1.29 is 32.6 Å². The van der Waals surface area contributed by atoms with E-state index in [-0.39, 0.29) is 19.0 Å². The van der Waals surface area contributed by atoms with Gasteiger partial charge in [0, 0.05) is 19.4 Å². The van der Waals surface area contributed by atoms with E-state index >= 15 is 8.78 Å². The Morgan fingerprint density at radius 1 is 1.26 bits per heavy atom. The number of fused-ring (bicyclic) bond motifs is 2. The summed E-state index contributed by atoms with van der Waals surface area (Å²) in [6.07, 6.45) is 3.35. The number of hydrogen-bond acceptors (Lipinski definition) is 7. The van der Waals surface area contributed by atoms with E-state index in [2.05, 4.69) is 21.9 Å². The SMILES string of the molecule is C=CC(=O)NCc1cc2c(cn1)CN(c1c(F)c(OC)nc(OC)c1F)C(=O)C21CCOCC1. The third-order valence-electron chi connectivity index (χ3n) is 6.17. The summed E-state index contributed by atoms with van der Waals surface area (Å²) in [5.74, 6) is -4.00. The Morgan fingerprint density at radius 2 is 1.91 bits per heavy atom. The van der Waals surface area contributed by atoms with Crippen LogP contribution in [0.3, 0.4) is 0 Å². The number of halogens is 2. The van der Waals surface area contributed by atoms with E-state index in [4.69, 9.17) is 14.2 Å². The second-order valence-electron chi connectivity index (χ2n) is 7.95. The summed E-state index contributed by atoms with van der Waals surface area (Å²) in [6.45, 7) is 4.05. The number of amides is 2. The highest BCUT2D eigenvalue weighted by molar-refractivity contribution is 6.03. The van der Waals surface area contributed by atoms with Crippen LogP contribution in [0.5, 0.6) is 11.8 Å². The number of rotatable bonds is 6. The molecular formula is C23H24F2N4O5. The number of ether oxygens (including phenoxy) is 3. The second kappa shape index (κ2) is 9.34. The molecule has 34 heavy (non-hydrogen) atoms. The molecule has 2 aliphatic rings. The molecule has 1 N–H and O–H groups in total. The van der Waals surface area contributed by atoms with Crippen LogP contribution >= 0.6 is 0 Å². The van der Waals surface area contributed by atoms with E-state index in [1.165, 1.54) is 14.2 Å². The molecule has 4 heterocycles. The van der Waals surface area contributed by atoms with Gasteiger partial charge in [-0.15, -0.1) is 0 Å². The molecule has 0 aliphatic carbocycles. The van der Waals surface area contributed by atoms with Crippen LogP contribution in [0.4, 0.5) is 14.5 Å².